The fourth-order valence-corrected chi connectivity index (χ4v) is 2.37. The van der Waals surface area contributed by atoms with Crippen LogP contribution in [0.4, 0.5) is 5.69 Å². The molecule has 24 heavy (non-hydrogen) atoms. The summed E-state index contributed by atoms with van der Waals surface area (Å²) in [6.45, 7) is 0. The Hall–Kier alpha value is -3.28. The molecule has 0 bridgehead atoms. The van der Waals surface area contributed by atoms with E-state index in [9.17, 15) is 9.59 Å². The first-order valence-electron chi connectivity index (χ1n) is 7.50. The number of H-pyrrole nitrogens is 1. The Bertz CT molecular complexity index is 866. The van der Waals surface area contributed by atoms with Gasteiger partial charge < -0.3 is 9.88 Å². The van der Waals surface area contributed by atoms with E-state index >= 15 is 0 Å². The molecule has 0 unspecified atom stereocenters. The molecule has 6 nitrogen and oxygen atoms in total. The lowest BCUT2D eigenvalue weighted by Gasteiger charge is -2.13. The second kappa shape index (κ2) is 6.45. The average molecular weight is 322 g/mol. The third kappa shape index (κ3) is 3.22. The maximum absolute atomic E-state index is 12.2. The minimum absolute atomic E-state index is 0.372. The van der Waals surface area contributed by atoms with Gasteiger partial charge in [-0.3, -0.25) is 20.4 Å². The molecule has 122 valence electrons. The lowest BCUT2D eigenvalue weighted by atomic mass is 10.2. The Labute approximate surface area is 139 Å². The van der Waals surface area contributed by atoms with Crippen LogP contribution in [0, 0.1) is 0 Å². The predicted octanol–water partition coefficient (Wildman–Crippen LogP) is 2.31. The summed E-state index contributed by atoms with van der Waals surface area (Å²) in [4.78, 5) is 29.2. The third-order valence-electron chi connectivity index (χ3n) is 3.69. The number of carbonyl (C=O) groups is 2. The van der Waals surface area contributed by atoms with Gasteiger partial charge in [-0.1, -0.05) is 24.3 Å². The minimum Gasteiger partial charge on any atom is -0.378 e. The van der Waals surface area contributed by atoms with E-state index < -0.39 is 5.91 Å². The van der Waals surface area contributed by atoms with Crippen LogP contribution >= 0.6 is 0 Å². The van der Waals surface area contributed by atoms with Gasteiger partial charge >= 0.3 is 0 Å². The zero-order chi connectivity index (χ0) is 17.1. The van der Waals surface area contributed by atoms with Crippen LogP contribution in [-0.4, -0.2) is 30.9 Å². The van der Waals surface area contributed by atoms with E-state index in [4.69, 9.17) is 0 Å². The highest BCUT2D eigenvalue weighted by molar-refractivity contribution is 6.01. The van der Waals surface area contributed by atoms with Gasteiger partial charge in [-0.25, -0.2) is 0 Å². The zero-order valence-electron chi connectivity index (χ0n) is 13.5. The number of nitrogens with one attached hydrogen (secondary N) is 3. The number of hydrogen-bond donors (Lipinski definition) is 3. The maximum atomic E-state index is 12.2. The summed E-state index contributed by atoms with van der Waals surface area (Å²) in [5, 5.41) is 0.938. The van der Waals surface area contributed by atoms with Crippen LogP contribution in [0.3, 0.4) is 0 Å². The summed E-state index contributed by atoms with van der Waals surface area (Å²) in [5.74, 6) is -0.772. The van der Waals surface area contributed by atoms with Crippen LogP contribution in [0.5, 0.6) is 0 Å². The highest BCUT2D eigenvalue weighted by Crippen LogP contribution is 2.15. The summed E-state index contributed by atoms with van der Waals surface area (Å²) >= 11 is 0. The van der Waals surface area contributed by atoms with Crippen LogP contribution in [0.2, 0.25) is 0 Å². The number of benzene rings is 2. The number of carbonyl (C=O) groups excluding carboxylic acids is 2. The van der Waals surface area contributed by atoms with Gasteiger partial charge in [-0.05, 0) is 30.3 Å². The van der Waals surface area contributed by atoms with Gasteiger partial charge in [0.05, 0.1) is 0 Å². The average Bonchev–Trinajstić information content (AvgIpc) is 3.03. The van der Waals surface area contributed by atoms with Crippen molar-refractivity contribution in [3.05, 3.63) is 65.9 Å². The lowest BCUT2D eigenvalue weighted by Crippen LogP contribution is -2.41. The smallest absolute Gasteiger partial charge is 0.286 e. The molecule has 0 radical (unpaired) electrons. The molecule has 0 saturated carbocycles. The summed E-state index contributed by atoms with van der Waals surface area (Å²) in [5.41, 5.74) is 7.49. The van der Waals surface area contributed by atoms with Crippen LogP contribution < -0.4 is 15.8 Å². The molecule has 0 aliphatic rings. The number of para-hydroxylation sites is 1. The number of fused-ring (bicyclic) bond motifs is 1. The summed E-state index contributed by atoms with van der Waals surface area (Å²) in [7, 11) is 3.80. The van der Waals surface area contributed by atoms with Crippen LogP contribution in [0.25, 0.3) is 10.9 Å². The number of amides is 2. The largest absolute Gasteiger partial charge is 0.378 e. The molecule has 2 aromatic carbocycles. The van der Waals surface area contributed by atoms with Crippen molar-refractivity contribution in [3.63, 3.8) is 0 Å². The standard InChI is InChI=1S/C18H18N4O2/c1-22(2)14-8-5-7-13(10-14)17(23)20-21-18(24)16-11-12-6-3-4-9-15(12)19-16/h3-11,19H,1-2H3,(H,20,23)(H,21,24). The SMILES string of the molecule is CN(C)c1cccc(C(=O)NNC(=O)c2cc3ccccc3[nH]2)c1. The van der Waals surface area contributed by atoms with Crippen molar-refractivity contribution < 1.29 is 9.59 Å². The molecule has 6 heteroatoms. The molecule has 3 rings (SSSR count). The van der Waals surface area contributed by atoms with Crippen molar-refractivity contribution in [3.8, 4) is 0 Å². The van der Waals surface area contributed by atoms with Crippen molar-refractivity contribution in [2.24, 2.45) is 0 Å². The van der Waals surface area contributed by atoms with Gasteiger partial charge in [-0.15, -0.1) is 0 Å². The van der Waals surface area contributed by atoms with Gasteiger partial charge in [0.25, 0.3) is 11.8 Å². The Kier molecular flexibility index (Phi) is 4.20. The number of hydrazine groups is 1. The normalized spacial score (nSPS) is 10.4. The number of nitrogens with zero attached hydrogens (tertiary/aromatic N) is 1. The first-order chi connectivity index (χ1) is 11.5. The number of rotatable bonds is 3. The predicted molar refractivity (Wildman–Crippen MR) is 94.0 cm³/mol. The fraction of sp³-hybridized carbons (Fsp3) is 0.111. The number of aromatic amines is 1. The van der Waals surface area contributed by atoms with Crippen LogP contribution in [-0.2, 0) is 0 Å². The van der Waals surface area contributed by atoms with E-state index in [0.717, 1.165) is 16.6 Å². The molecule has 2 amide bonds. The lowest BCUT2D eigenvalue weighted by molar-refractivity contribution is 0.0844. The van der Waals surface area contributed by atoms with Crippen molar-refractivity contribution in [1.82, 2.24) is 15.8 Å². The van der Waals surface area contributed by atoms with Gasteiger partial charge in [0.1, 0.15) is 5.69 Å². The van der Waals surface area contributed by atoms with Crippen molar-refractivity contribution in [1.29, 1.82) is 0 Å². The molecule has 0 spiro atoms. The molecule has 1 aromatic heterocycles. The molecule has 0 saturated heterocycles. The van der Waals surface area contributed by atoms with E-state index in [-0.39, 0.29) is 5.91 Å². The van der Waals surface area contributed by atoms with Gasteiger partial charge in [-0.2, -0.15) is 0 Å². The van der Waals surface area contributed by atoms with Crippen LogP contribution in [0.1, 0.15) is 20.8 Å². The molecule has 0 fully saturated rings. The third-order valence-corrected chi connectivity index (χ3v) is 3.69. The molecule has 0 aliphatic carbocycles. The Balaban J connectivity index is 1.67. The molecular formula is C18H18N4O2. The maximum Gasteiger partial charge on any atom is 0.286 e. The van der Waals surface area contributed by atoms with E-state index in [1.54, 1.807) is 24.3 Å². The molecule has 0 atom stereocenters. The van der Waals surface area contributed by atoms with Crippen LogP contribution in [0.15, 0.2) is 54.6 Å². The Morgan fingerprint density at radius 1 is 0.917 bits per heavy atom. The molecule has 3 N–H and O–H groups in total. The molecule has 1 heterocycles. The first kappa shape index (κ1) is 15.6. The second-order valence-electron chi connectivity index (χ2n) is 5.62. The summed E-state index contributed by atoms with van der Waals surface area (Å²) < 4.78 is 0. The summed E-state index contributed by atoms with van der Waals surface area (Å²) in [6.07, 6.45) is 0. The van der Waals surface area contributed by atoms with E-state index in [1.165, 1.54) is 0 Å². The highest BCUT2D eigenvalue weighted by Gasteiger charge is 2.12. The summed E-state index contributed by atoms with van der Waals surface area (Å²) in [6, 6.07) is 16.5. The minimum atomic E-state index is -0.400. The van der Waals surface area contributed by atoms with Crippen molar-refractivity contribution in [2.45, 2.75) is 0 Å². The van der Waals surface area contributed by atoms with Gasteiger partial charge in [0.15, 0.2) is 0 Å². The van der Waals surface area contributed by atoms with Crippen molar-refractivity contribution in [2.75, 3.05) is 19.0 Å². The first-order valence-corrected chi connectivity index (χ1v) is 7.50. The topological polar surface area (TPSA) is 77.2 Å². The zero-order valence-corrected chi connectivity index (χ0v) is 13.5. The quantitative estimate of drug-likeness (QED) is 0.648. The number of aromatic nitrogens is 1. The number of hydrogen-bond acceptors (Lipinski definition) is 3. The van der Waals surface area contributed by atoms with Gasteiger partial charge in [0, 0.05) is 36.2 Å². The monoisotopic (exact) mass is 322 g/mol. The van der Waals surface area contributed by atoms with Gasteiger partial charge in [0.2, 0.25) is 0 Å². The van der Waals surface area contributed by atoms with E-state index in [0.29, 0.717) is 11.3 Å². The Morgan fingerprint density at radius 2 is 1.67 bits per heavy atom. The number of anilines is 1. The van der Waals surface area contributed by atoms with E-state index in [1.807, 2.05) is 49.3 Å². The molecule has 0 aliphatic heterocycles. The van der Waals surface area contributed by atoms with Crippen molar-refractivity contribution >= 4 is 28.4 Å². The molecule has 3 aromatic rings. The fourth-order valence-electron chi connectivity index (χ4n) is 2.37. The highest BCUT2D eigenvalue weighted by atomic mass is 16.2. The molecular weight excluding hydrogens is 304 g/mol. The van der Waals surface area contributed by atoms with E-state index in [2.05, 4.69) is 15.8 Å². The Morgan fingerprint density at radius 3 is 2.42 bits per heavy atom. The second-order valence-corrected chi connectivity index (χ2v) is 5.62.